The number of carbonyl (C=O) groups is 1. The first-order valence-electron chi connectivity index (χ1n) is 10.9. The van der Waals surface area contributed by atoms with E-state index < -0.39 is 11.7 Å². The topological polar surface area (TPSA) is 36.4 Å². The third kappa shape index (κ3) is 5.18. The number of rotatable bonds is 4. The van der Waals surface area contributed by atoms with E-state index in [1.165, 1.54) is 6.07 Å². The van der Waals surface area contributed by atoms with Gasteiger partial charge in [0, 0.05) is 55.6 Å². The molecule has 2 aromatic carbocycles. The highest BCUT2D eigenvalue weighted by Gasteiger charge is 2.31. The standard InChI is InChI=1S/C26H26F3N3O/c1-31(2)22-11-4-8-19(16-22)25(33)32-14-6-9-20(17-32)24-13-5-12-23(30-24)18-7-3-10-21(15-18)26(27,28)29/h3-5,7-8,10-13,15-16,20H,6,9,14,17H2,1-2H3. The van der Waals surface area contributed by atoms with Gasteiger partial charge in [-0.2, -0.15) is 13.2 Å². The Morgan fingerprint density at radius 2 is 1.79 bits per heavy atom. The number of hydrogen-bond donors (Lipinski definition) is 0. The molecule has 172 valence electrons. The van der Waals surface area contributed by atoms with Gasteiger partial charge in [0.15, 0.2) is 0 Å². The molecule has 1 fully saturated rings. The van der Waals surface area contributed by atoms with E-state index in [0.29, 0.717) is 29.9 Å². The van der Waals surface area contributed by atoms with E-state index in [9.17, 15) is 18.0 Å². The molecule has 33 heavy (non-hydrogen) atoms. The number of pyridine rings is 1. The summed E-state index contributed by atoms with van der Waals surface area (Å²) in [6, 6.07) is 18.2. The van der Waals surface area contributed by atoms with Crippen molar-refractivity contribution in [3.8, 4) is 11.3 Å². The Morgan fingerprint density at radius 1 is 1.03 bits per heavy atom. The van der Waals surface area contributed by atoms with Crippen molar-refractivity contribution in [2.75, 3.05) is 32.1 Å². The molecule has 2 heterocycles. The summed E-state index contributed by atoms with van der Waals surface area (Å²) in [6.07, 6.45) is -2.68. The zero-order chi connectivity index (χ0) is 23.6. The van der Waals surface area contributed by atoms with Crippen molar-refractivity contribution in [3.63, 3.8) is 0 Å². The van der Waals surface area contributed by atoms with Crippen LogP contribution in [0.15, 0.2) is 66.7 Å². The molecule has 1 aliphatic heterocycles. The van der Waals surface area contributed by atoms with Gasteiger partial charge in [0.2, 0.25) is 0 Å². The van der Waals surface area contributed by atoms with Crippen LogP contribution >= 0.6 is 0 Å². The van der Waals surface area contributed by atoms with E-state index in [2.05, 4.69) is 4.98 Å². The molecule has 1 unspecified atom stereocenters. The van der Waals surface area contributed by atoms with Gasteiger partial charge in [0.05, 0.1) is 11.3 Å². The molecule has 1 saturated heterocycles. The van der Waals surface area contributed by atoms with E-state index in [-0.39, 0.29) is 11.8 Å². The summed E-state index contributed by atoms with van der Waals surface area (Å²) in [6.45, 7) is 1.21. The fraction of sp³-hybridized carbons (Fsp3) is 0.308. The summed E-state index contributed by atoms with van der Waals surface area (Å²) in [4.78, 5) is 21.6. The first kappa shape index (κ1) is 22.8. The highest BCUT2D eigenvalue weighted by molar-refractivity contribution is 5.95. The number of likely N-dealkylation sites (tertiary alicyclic amines) is 1. The number of benzene rings is 2. The Kier molecular flexibility index (Phi) is 6.40. The molecule has 1 aromatic heterocycles. The molecule has 0 bridgehead atoms. The van der Waals surface area contributed by atoms with Gasteiger partial charge in [-0.3, -0.25) is 9.78 Å². The Hall–Kier alpha value is -3.35. The van der Waals surface area contributed by atoms with Gasteiger partial charge in [-0.1, -0.05) is 24.3 Å². The van der Waals surface area contributed by atoms with Gasteiger partial charge in [0.1, 0.15) is 0 Å². The van der Waals surface area contributed by atoms with E-state index in [4.69, 9.17) is 0 Å². The molecule has 0 N–H and O–H groups in total. The molecular weight excluding hydrogens is 427 g/mol. The minimum Gasteiger partial charge on any atom is -0.378 e. The molecule has 7 heteroatoms. The molecule has 0 spiro atoms. The maximum Gasteiger partial charge on any atom is 0.416 e. The van der Waals surface area contributed by atoms with Crippen molar-refractivity contribution < 1.29 is 18.0 Å². The first-order chi connectivity index (χ1) is 15.7. The maximum absolute atomic E-state index is 13.2. The average molecular weight is 454 g/mol. The summed E-state index contributed by atoms with van der Waals surface area (Å²) in [5.41, 5.74) is 2.64. The van der Waals surface area contributed by atoms with Crippen LogP contribution in [0, 0.1) is 0 Å². The Balaban J connectivity index is 1.55. The predicted octanol–water partition coefficient (Wildman–Crippen LogP) is 5.85. The van der Waals surface area contributed by atoms with Gasteiger partial charge < -0.3 is 9.80 Å². The smallest absolute Gasteiger partial charge is 0.378 e. The summed E-state index contributed by atoms with van der Waals surface area (Å²) < 4.78 is 39.4. The van der Waals surface area contributed by atoms with Crippen LogP contribution in [-0.2, 0) is 6.18 Å². The lowest BCUT2D eigenvalue weighted by Gasteiger charge is -2.33. The molecule has 1 aliphatic rings. The second-order valence-electron chi connectivity index (χ2n) is 8.56. The number of halogens is 3. The number of nitrogens with zero attached hydrogens (tertiary/aromatic N) is 3. The highest BCUT2D eigenvalue weighted by Crippen LogP contribution is 2.33. The van der Waals surface area contributed by atoms with Gasteiger partial charge >= 0.3 is 6.18 Å². The zero-order valence-corrected chi connectivity index (χ0v) is 18.6. The van der Waals surface area contributed by atoms with Gasteiger partial charge in [0.25, 0.3) is 5.91 Å². The number of amides is 1. The quantitative estimate of drug-likeness (QED) is 0.497. The minimum absolute atomic E-state index is 0.0163. The molecular formula is C26H26F3N3O. The number of hydrogen-bond acceptors (Lipinski definition) is 3. The van der Waals surface area contributed by atoms with E-state index in [0.717, 1.165) is 36.4 Å². The van der Waals surface area contributed by atoms with Crippen LogP contribution in [0.1, 0.15) is 40.4 Å². The third-order valence-corrected chi connectivity index (χ3v) is 5.99. The second-order valence-corrected chi connectivity index (χ2v) is 8.56. The maximum atomic E-state index is 13.2. The lowest BCUT2D eigenvalue weighted by Crippen LogP contribution is -2.39. The minimum atomic E-state index is -4.40. The summed E-state index contributed by atoms with van der Waals surface area (Å²) >= 11 is 0. The van der Waals surface area contributed by atoms with Gasteiger partial charge in [-0.15, -0.1) is 0 Å². The van der Waals surface area contributed by atoms with Gasteiger partial charge in [-0.25, -0.2) is 0 Å². The molecule has 1 amide bonds. The summed E-state index contributed by atoms with van der Waals surface area (Å²) in [7, 11) is 3.87. The van der Waals surface area contributed by atoms with E-state index in [1.807, 2.05) is 60.3 Å². The van der Waals surface area contributed by atoms with Crippen LogP contribution in [0.25, 0.3) is 11.3 Å². The molecule has 1 atom stereocenters. The fourth-order valence-electron chi connectivity index (χ4n) is 4.20. The number of carbonyl (C=O) groups excluding carboxylic acids is 1. The molecule has 0 aliphatic carbocycles. The fourth-order valence-corrected chi connectivity index (χ4v) is 4.20. The number of alkyl halides is 3. The van der Waals surface area contributed by atoms with Crippen molar-refractivity contribution >= 4 is 11.6 Å². The lowest BCUT2D eigenvalue weighted by atomic mass is 9.93. The second kappa shape index (κ2) is 9.25. The van der Waals surface area contributed by atoms with Gasteiger partial charge in [-0.05, 0) is 55.3 Å². The van der Waals surface area contributed by atoms with Crippen molar-refractivity contribution in [1.82, 2.24) is 9.88 Å². The molecule has 4 rings (SSSR count). The Labute approximate surface area is 191 Å². The summed E-state index contributed by atoms with van der Waals surface area (Å²) in [5.74, 6) is 0.0166. The third-order valence-electron chi connectivity index (χ3n) is 5.99. The number of anilines is 1. The summed E-state index contributed by atoms with van der Waals surface area (Å²) in [5, 5.41) is 0. The normalized spacial score (nSPS) is 16.5. The van der Waals surface area contributed by atoms with Crippen LogP contribution in [0.5, 0.6) is 0 Å². The largest absolute Gasteiger partial charge is 0.416 e. The van der Waals surface area contributed by atoms with Crippen LogP contribution in [0.3, 0.4) is 0 Å². The van der Waals surface area contributed by atoms with Crippen LogP contribution < -0.4 is 4.90 Å². The molecule has 4 nitrogen and oxygen atoms in total. The van der Waals surface area contributed by atoms with E-state index >= 15 is 0 Å². The van der Waals surface area contributed by atoms with E-state index in [1.54, 1.807) is 12.1 Å². The Bertz CT molecular complexity index is 1140. The lowest BCUT2D eigenvalue weighted by molar-refractivity contribution is -0.137. The average Bonchev–Trinajstić information content (AvgIpc) is 2.83. The number of aromatic nitrogens is 1. The molecule has 0 radical (unpaired) electrons. The van der Waals surface area contributed by atoms with Crippen molar-refractivity contribution in [2.45, 2.75) is 24.9 Å². The highest BCUT2D eigenvalue weighted by atomic mass is 19.4. The zero-order valence-electron chi connectivity index (χ0n) is 18.6. The number of piperidine rings is 1. The first-order valence-corrected chi connectivity index (χ1v) is 10.9. The van der Waals surface area contributed by atoms with Crippen LogP contribution in [0.4, 0.5) is 18.9 Å². The molecule has 0 saturated carbocycles. The monoisotopic (exact) mass is 453 g/mol. The van der Waals surface area contributed by atoms with Crippen LogP contribution in [-0.4, -0.2) is 43.0 Å². The van der Waals surface area contributed by atoms with Crippen molar-refractivity contribution in [2.24, 2.45) is 0 Å². The predicted molar refractivity (Wildman–Crippen MR) is 123 cm³/mol. The Morgan fingerprint density at radius 3 is 2.55 bits per heavy atom. The van der Waals surface area contributed by atoms with Crippen molar-refractivity contribution in [3.05, 3.63) is 83.6 Å². The van der Waals surface area contributed by atoms with Crippen molar-refractivity contribution in [1.29, 1.82) is 0 Å². The molecule has 3 aromatic rings. The SMILES string of the molecule is CN(C)c1cccc(C(=O)N2CCCC(c3cccc(-c4cccc(C(F)(F)F)c4)n3)C2)c1. The van der Waals surface area contributed by atoms with Crippen LogP contribution in [0.2, 0.25) is 0 Å².